The molecule has 0 bridgehead atoms. The Hall–Kier alpha value is -7.41. The van der Waals surface area contributed by atoms with Crippen molar-refractivity contribution in [3.63, 3.8) is 0 Å². The predicted octanol–water partition coefficient (Wildman–Crippen LogP) is 13.4. The highest BCUT2D eigenvalue weighted by Gasteiger charge is 2.23. The lowest BCUT2D eigenvalue weighted by atomic mass is 10.1. The average Bonchev–Trinajstić information content (AvgIpc) is 3.95. The van der Waals surface area contributed by atoms with Gasteiger partial charge >= 0.3 is 0 Å². The fraction of sp³-hybridized carbons (Fsp3) is 0. The van der Waals surface area contributed by atoms with Gasteiger partial charge in [-0.05, 0) is 36.4 Å². The predicted molar refractivity (Wildman–Crippen MR) is 238 cm³/mol. The highest BCUT2D eigenvalue weighted by molar-refractivity contribution is 7.26. The number of nitrogens with zero attached hydrogens (tertiary/aromatic N) is 5. The molecule has 0 saturated carbocycles. The van der Waals surface area contributed by atoms with Crippen molar-refractivity contribution in [2.45, 2.75) is 0 Å². The van der Waals surface area contributed by atoms with Crippen LogP contribution in [0.3, 0.4) is 0 Å². The van der Waals surface area contributed by atoms with Gasteiger partial charge in [0.25, 0.3) is 0 Å². The third kappa shape index (κ3) is 4.84. The van der Waals surface area contributed by atoms with Gasteiger partial charge < -0.3 is 9.13 Å². The maximum absolute atomic E-state index is 5.14. The van der Waals surface area contributed by atoms with E-state index in [1.165, 1.54) is 59.1 Å². The summed E-state index contributed by atoms with van der Waals surface area (Å²) >= 11 is 1.81. The summed E-state index contributed by atoms with van der Waals surface area (Å²) in [5, 5.41) is 7.31. The van der Waals surface area contributed by atoms with Crippen molar-refractivity contribution < 1.29 is 0 Å². The monoisotopic (exact) mass is 745 g/mol. The molecule has 12 aromatic rings. The molecular weight excluding hydrogens is 715 g/mol. The van der Waals surface area contributed by atoms with Crippen molar-refractivity contribution in [3.05, 3.63) is 188 Å². The Labute approximate surface area is 331 Å². The summed E-state index contributed by atoms with van der Waals surface area (Å²) in [6, 6.07) is 66.6. The zero-order valence-electron chi connectivity index (χ0n) is 30.5. The van der Waals surface area contributed by atoms with E-state index in [4.69, 9.17) is 15.0 Å². The fourth-order valence-electron chi connectivity index (χ4n) is 8.68. The lowest BCUT2D eigenvalue weighted by molar-refractivity contribution is 1.08. The maximum Gasteiger partial charge on any atom is 0.165 e. The second kappa shape index (κ2) is 12.6. The first kappa shape index (κ1) is 31.9. The maximum atomic E-state index is 5.14. The van der Waals surface area contributed by atoms with Gasteiger partial charge in [0, 0.05) is 59.4 Å². The Morgan fingerprint density at radius 2 is 0.807 bits per heavy atom. The summed E-state index contributed by atoms with van der Waals surface area (Å²) in [7, 11) is 0. The molecule has 0 aliphatic rings. The molecule has 4 aromatic heterocycles. The summed E-state index contributed by atoms with van der Waals surface area (Å²) in [5.74, 6) is 1.97. The van der Waals surface area contributed by atoms with Gasteiger partial charge in [0.2, 0.25) is 0 Å². The molecule has 0 amide bonds. The average molecular weight is 746 g/mol. The number of para-hydroxylation sites is 3. The molecule has 8 aromatic carbocycles. The number of fused-ring (bicyclic) bond motifs is 10. The minimum absolute atomic E-state index is 0.654. The van der Waals surface area contributed by atoms with Gasteiger partial charge in [0.15, 0.2) is 17.5 Å². The SMILES string of the molecule is c1ccc(-c2nc(-c3ccccc3)nc(-c3cccc4c3sc3c(-n5c6ccccc6c6ccc7c8ccccc8n(-c8ccccc8)c7c65)cccc34)n2)cc1. The van der Waals surface area contributed by atoms with E-state index in [-0.39, 0.29) is 0 Å². The van der Waals surface area contributed by atoms with Crippen LogP contribution >= 0.6 is 11.3 Å². The molecule has 0 spiro atoms. The van der Waals surface area contributed by atoms with Crippen molar-refractivity contribution in [2.24, 2.45) is 0 Å². The first-order chi connectivity index (χ1) is 28.3. The first-order valence-electron chi connectivity index (χ1n) is 19.1. The second-order valence-corrected chi connectivity index (χ2v) is 15.4. The first-order valence-corrected chi connectivity index (χ1v) is 19.9. The third-order valence-corrected chi connectivity index (χ3v) is 12.4. The molecule has 0 N–H and O–H groups in total. The Bertz CT molecular complexity index is 3450. The summed E-state index contributed by atoms with van der Waals surface area (Å²) in [6.45, 7) is 0. The summed E-state index contributed by atoms with van der Waals surface area (Å²) < 4.78 is 7.31. The summed E-state index contributed by atoms with van der Waals surface area (Å²) in [4.78, 5) is 15.3. The van der Waals surface area contributed by atoms with Crippen LogP contribution in [0, 0.1) is 0 Å². The van der Waals surface area contributed by atoms with Crippen LogP contribution in [-0.2, 0) is 0 Å². The minimum Gasteiger partial charge on any atom is -0.307 e. The van der Waals surface area contributed by atoms with Gasteiger partial charge in [-0.2, -0.15) is 0 Å². The number of hydrogen-bond acceptors (Lipinski definition) is 4. The molecule has 0 aliphatic carbocycles. The van der Waals surface area contributed by atoms with E-state index in [2.05, 4.69) is 161 Å². The van der Waals surface area contributed by atoms with Gasteiger partial charge in [0.1, 0.15) is 0 Å². The fourth-order valence-corrected chi connectivity index (χ4v) is 10.00. The van der Waals surface area contributed by atoms with Crippen LogP contribution in [0.1, 0.15) is 0 Å². The Kier molecular flexibility index (Phi) is 7.03. The third-order valence-electron chi connectivity index (χ3n) is 11.2. The number of thiophene rings is 1. The number of rotatable bonds is 5. The molecule has 0 aliphatic heterocycles. The zero-order valence-corrected chi connectivity index (χ0v) is 31.4. The number of hydrogen-bond donors (Lipinski definition) is 0. The van der Waals surface area contributed by atoms with E-state index < -0.39 is 0 Å². The van der Waals surface area contributed by atoms with Gasteiger partial charge in [-0.15, -0.1) is 11.3 Å². The van der Waals surface area contributed by atoms with E-state index in [1.54, 1.807) is 0 Å². The van der Waals surface area contributed by atoms with Crippen molar-refractivity contribution in [2.75, 3.05) is 0 Å². The van der Waals surface area contributed by atoms with Crippen LogP contribution in [0.4, 0.5) is 0 Å². The van der Waals surface area contributed by atoms with Crippen LogP contribution < -0.4 is 0 Å². The van der Waals surface area contributed by atoms with Gasteiger partial charge in [-0.1, -0.05) is 152 Å². The molecule has 0 radical (unpaired) electrons. The molecular formula is C51H31N5S. The molecule has 0 saturated heterocycles. The summed E-state index contributed by atoms with van der Waals surface area (Å²) in [5.41, 5.74) is 9.93. The van der Waals surface area contributed by atoms with Crippen LogP contribution in [0.15, 0.2) is 188 Å². The van der Waals surface area contributed by atoms with Crippen molar-refractivity contribution in [1.82, 2.24) is 24.1 Å². The van der Waals surface area contributed by atoms with Crippen LogP contribution in [0.2, 0.25) is 0 Å². The molecule has 12 rings (SSSR count). The molecule has 0 atom stereocenters. The van der Waals surface area contributed by atoms with Crippen molar-refractivity contribution >= 4 is 75.1 Å². The number of aromatic nitrogens is 5. The lowest BCUT2D eigenvalue weighted by Crippen LogP contribution is -2.00. The smallest absolute Gasteiger partial charge is 0.165 e. The zero-order chi connectivity index (χ0) is 37.5. The topological polar surface area (TPSA) is 48.5 Å². The van der Waals surface area contributed by atoms with Crippen LogP contribution in [0.25, 0.3) is 109 Å². The quantitative estimate of drug-likeness (QED) is 0.176. The van der Waals surface area contributed by atoms with E-state index in [1.807, 2.05) is 47.7 Å². The molecule has 0 fully saturated rings. The molecule has 6 heteroatoms. The second-order valence-electron chi connectivity index (χ2n) is 14.4. The highest BCUT2D eigenvalue weighted by atomic mass is 32.1. The van der Waals surface area contributed by atoms with Crippen molar-refractivity contribution in [1.29, 1.82) is 0 Å². The molecule has 5 nitrogen and oxygen atoms in total. The Morgan fingerprint density at radius 3 is 1.44 bits per heavy atom. The van der Waals surface area contributed by atoms with E-state index in [0.29, 0.717) is 17.5 Å². The Balaban J connectivity index is 1.17. The van der Waals surface area contributed by atoms with Crippen LogP contribution in [0.5, 0.6) is 0 Å². The van der Waals surface area contributed by atoms with E-state index >= 15 is 0 Å². The van der Waals surface area contributed by atoms with Crippen molar-refractivity contribution in [3.8, 4) is 45.5 Å². The van der Waals surface area contributed by atoms with Gasteiger partial charge in [0.05, 0.1) is 32.5 Å². The van der Waals surface area contributed by atoms with Crippen LogP contribution in [-0.4, -0.2) is 24.1 Å². The highest BCUT2D eigenvalue weighted by Crippen LogP contribution is 2.46. The normalized spacial score (nSPS) is 11.9. The lowest BCUT2D eigenvalue weighted by Gasteiger charge is -2.13. The number of benzene rings is 8. The summed E-state index contributed by atoms with van der Waals surface area (Å²) in [6.07, 6.45) is 0. The van der Waals surface area contributed by atoms with Gasteiger partial charge in [-0.3, -0.25) is 0 Å². The molecule has 266 valence electrons. The standard InChI is InChI=1S/C51H31N5S/c1-4-16-32(17-5-1)49-52-50(33-18-6-2-7-19-33)54-51(53-49)41-26-14-24-39-40-25-15-29-44(48(40)57-47(39)41)56-43-28-13-11-23-36(43)38-31-30-37-35-22-10-12-27-42(35)55(45(37)46(38)56)34-20-8-3-9-21-34/h1-31H. The molecule has 4 heterocycles. The van der Waals surface area contributed by atoms with E-state index in [9.17, 15) is 0 Å². The molecule has 0 unspecified atom stereocenters. The van der Waals surface area contributed by atoms with Gasteiger partial charge in [-0.25, -0.2) is 15.0 Å². The largest absolute Gasteiger partial charge is 0.307 e. The Morgan fingerprint density at radius 1 is 0.333 bits per heavy atom. The molecule has 57 heavy (non-hydrogen) atoms. The van der Waals surface area contributed by atoms with E-state index in [0.717, 1.165) is 32.8 Å². The minimum atomic E-state index is 0.654.